The number of nitrogens with zero attached hydrogens (tertiary/aromatic N) is 1. The summed E-state index contributed by atoms with van der Waals surface area (Å²) < 4.78 is 10.1. The molecule has 1 aliphatic carbocycles. The lowest BCUT2D eigenvalue weighted by molar-refractivity contribution is -0.148. The molecule has 0 spiro atoms. The first-order valence-corrected chi connectivity index (χ1v) is 6.27. The van der Waals surface area contributed by atoms with Crippen LogP contribution < -0.4 is 0 Å². The molecule has 1 saturated carbocycles. The zero-order chi connectivity index (χ0) is 11.4. The van der Waals surface area contributed by atoms with Gasteiger partial charge in [0, 0.05) is 19.1 Å². The van der Waals surface area contributed by atoms with E-state index in [1.54, 1.807) is 6.92 Å². The maximum Gasteiger partial charge on any atom is 0.332 e. The van der Waals surface area contributed by atoms with Crippen LogP contribution >= 0.6 is 0 Å². The molecule has 2 unspecified atom stereocenters. The Hall–Kier alpha value is -0.610. The van der Waals surface area contributed by atoms with Gasteiger partial charge in [-0.1, -0.05) is 0 Å². The van der Waals surface area contributed by atoms with Crippen LogP contribution in [0.4, 0.5) is 0 Å². The van der Waals surface area contributed by atoms with Crippen LogP contribution in [0.2, 0.25) is 0 Å². The van der Waals surface area contributed by atoms with Crippen molar-refractivity contribution in [3.8, 4) is 0 Å². The van der Waals surface area contributed by atoms with E-state index >= 15 is 0 Å². The van der Waals surface area contributed by atoms with Gasteiger partial charge in [-0.3, -0.25) is 4.90 Å². The fourth-order valence-corrected chi connectivity index (χ4v) is 2.84. The van der Waals surface area contributed by atoms with Gasteiger partial charge in [-0.15, -0.1) is 0 Å². The van der Waals surface area contributed by atoms with E-state index in [2.05, 4.69) is 4.90 Å². The molecule has 0 aromatic carbocycles. The lowest BCUT2D eigenvalue weighted by Gasteiger charge is -2.26. The minimum absolute atomic E-state index is 0.0930. The first-order valence-electron chi connectivity index (χ1n) is 6.27. The van der Waals surface area contributed by atoms with Crippen LogP contribution in [0.3, 0.4) is 0 Å². The van der Waals surface area contributed by atoms with Gasteiger partial charge in [0.1, 0.15) is 6.61 Å². The Balaban J connectivity index is 1.54. The molecule has 2 rings (SSSR count). The summed E-state index contributed by atoms with van der Waals surface area (Å²) in [5.41, 5.74) is 0. The predicted molar refractivity (Wildman–Crippen MR) is 60.2 cm³/mol. The highest BCUT2D eigenvalue weighted by molar-refractivity contribution is 5.70. The minimum atomic E-state index is -0.259. The number of fused-ring (bicyclic) bond motifs is 2. The van der Waals surface area contributed by atoms with E-state index in [-0.39, 0.29) is 12.6 Å². The summed E-state index contributed by atoms with van der Waals surface area (Å²) in [6.45, 7) is 5.16. The highest BCUT2D eigenvalue weighted by Gasteiger charge is 2.37. The number of hydrogen-bond donors (Lipinski definition) is 0. The molecule has 1 aliphatic heterocycles. The van der Waals surface area contributed by atoms with Crippen LogP contribution in [-0.4, -0.2) is 49.8 Å². The molecule has 2 bridgehead atoms. The Morgan fingerprint density at radius 3 is 2.94 bits per heavy atom. The first kappa shape index (κ1) is 11.9. The Bertz CT molecular complexity index is 244. The van der Waals surface area contributed by atoms with Crippen molar-refractivity contribution in [2.75, 3.05) is 32.9 Å². The Kier molecular flexibility index (Phi) is 4.18. The first-order chi connectivity index (χ1) is 7.79. The number of esters is 1. The van der Waals surface area contributed by atoms with E-state index in [1.807, 2.05) is 0 Å². The van der Waals surface area contributed by atoms with Gasteiger partial charge in [0.25, 0.3) is 0 Å². The topological polar surface area (TPSA) is 38.8 Å². The smallest absolute Gasteiger partial charge is 0.332 e. The second-order valence-electron chi connectivity index (χ2n) is 4.69. The largest absolute Gasteiger partial charge is 0.464 e. The average molecular weight is 227 g/mol. The number of piperidine rings is 1. The van der Waals surface area contributed by atoms with Crippen molar-refractivity contribution in [3.63, 3.8) is 0 Å². The highest BCUT2D eigenvalue weighted by atomic mass is 16.6. The molecule has 0 radical (unpaired) electrons. The third-order valence-electron chi connectivity index (χ3n) is 3.57. The number of ether oxygens (including phenoxy) is 2. The summed E-state index contributed by atoms with van der Waals surface area (Å²) in [6, 6.07) is 0.788. The zero-order valence-electron chi connectivity index (χ0n) is 9.98. The van der Waals surface area contributed by atoms with Crippen LogP contribution in [0.15, 0.2) is 0 Å². The Labute approximate surface area is 96.9 Å². The molecule has 2 aliphatic rings. The van der Waals surface area contributed by atoms with Crippen molar-refractivity contribution >= 4 is 5.97 Å². The standard InChI is InChI=1S/C12H21NO3/c1-2-16-12(14)9-15-6-5-13-8-10-3-4-11(13)7-10/h10-11H,2-9H2,1H3. The molecule has 1 saturated heterocycles. The van der Waals surface area contributed by atoms with Crippen molar-refractivity contribution in [1.82, 2.24) is 4.90 Å². The average Bonchev–Trinajstić information content (AvgIpc) is 2.86. The van der Waals surface area contributed by atoms with Crippen molar-refractivity contribution in [2.45, 2.75) is 32.2 Å². The number of carbonyl (C=O) groups is 1. The van der Waals surface area contributed by atoms with E-state index in [9.17, 15) is 4.79 Å². The summed E-state index contributed by atoms with van der Waals surface area (Å²) in [4.78, 5) is 13.5. The predicted octanol–water partition coefficient (Wildman–Crippen LogP) is 1.05. The van der Waals surface area contributed by atoms with Gasteiger partial charge in [0.2, 0.25) is 0 Å². The summed E-state index contributed by atoms with van der Waals surface area (Å²) in [5, 5.41) is 0. The van der Waals surface area contributed by atoms with Gasteiger partial charge in [-0.2, -0.15) is 0 Å². The molecule has 92 valence electrons. The van der Waals surface area contributed by atoms with E-state index in [0.717, 1.165) is 18.5 Å². The summed E-state index contributed by atoms with van der Waals surface area (Å²) in [6.07, 6.45) is 4.13. The Morgan fingerprint density at radius 2 is 2.31 bits per heavy atom. The molecular formula is C12H21NO3. The molecule has 16 heavy (non-hydrogen) atoms. The monoisotopic (exact) mass is 227 g/mol. The van der Waals surface area contributed by atoms with Crippen molar-refractivity contribution < 1.29 is 14.3 Å². The molecule has 4 heteroatoms. The van der Waals surface area contributed by atoms with E-state index in [4.69, 9.17) is 9.47 Å². The Morgan fingerprint density at radius 1 is 1.44 bits per heavy atom. The maximum absolute atomic E-state index is 11.0. The van der Waals surface area contributed by atoms with Gasteiger partial charge in [0.05, 0.1) is 13.2 Å². The van der Waals surface area contributed by atoms with Gasteiger partial charge in [-0.25, -0.2) is 4.79 Å². The normalized spacial score (nSPS) is 28.6. The SMILES string of the molecule is CCOC(=O)COCCN1CC2CCC1C2. The van der Waals surface area contributed by atoms with Crippen molar-refractivity contribution in [2.24, 2.45) is 5.92 Å². The number of carbonyl (C=O) groups excluding carboxylic acids is 1. The van der Waals surface area contributed by atoms with Crippen LogP contribution in [0, 0.1) is 5.92 Å². The van der Waals surface area contributed by atoms with Gasteiger partial charge < -0.3 is 9.47 Å². The van der Waals surface area contributed by atoms with Crippen molar-refractivity contribution in [3.05, 3.63) is 0 Å². The molecular weight excluding hydrogens is 206 g/mol. The fourth-order valence-electron chi connectivity index (χ4n) is 2.84. The highest BCUT2D eigenvalue weighted by Crippen LogP contribution is 2.36. The van der Waals surface area contributed by atoms with Crippen LogP contribution in [0.5, 0.6) is 0 Å². The molecule has 0 aromatic heterocycles. The molecule has 2 atom stereocenters. The molecule has 1 heterocycles. The summed E-state index contributed by atoms with van der Waals surface area (Å²) >= 11 is 0. The van der Waals surface area contributed by atoms with Crippen LogP contribution in [0.25, 0.3) is 0 Å². The third-order valence-corrected chi connectivity index (χ3v) is 3.57. The molecule has 4 nitrogen and oxygen atoms in total. The van der Waals surface area contributed by atoms with Crippen LogP contribution in [-0.2, 0) is 14.3 Å². The fraction of sp³-hybridized carbons (Fsp3) is 0.917. The second-order valence-corrected chi connectivity index (χ2v) is 4.69. The summed E-state index contributed by atoms with van der Waals surface area (Å²) in [7, 11) is 0. The molecule has 2 fully saturated rings. The van der Waals surface area contributed by atoms with Crippen LogP contribution in [0.1, 0.15) is 26.2 Å². The van der Waals surface area contributed by atoms with E-state index < -0.39 is 0 Å². The van der Waals surface area contributed by atoms with Gasteiger partial charge >= 0.3 is 5.97 Å². The lowest BCUT2D eigenvalue weighted by Crippen LogP contribution is -2.35. The molecule has 0 amide bonds. The zero-order valence-corrected chi connectivity index (χ0v) is 9.98. The van der Waals surface area contributed by atoms with E-state index in [1.165, 1.54) is 25.8 Å². The minimum Gasteiger partial charge on any atom is -0.464 e. The van der Waals surface area contributed by atoms with Crippen molar-refractivity contribution in [1.29, 1.82) is 0 Å². The molecule has 0 N–H and O–H groups in total. The van der Waals surface area contributed by atoms with Gasteiger partial charge in [0.15, 0.2) is 0 Å². The quantitative estimate of drug-likeness (QED) is 0.502. The maximum atomic E-state index is 11.0. The van der Waals surface area contributed by atoms with E-state index in [0.29, 0.717) is 13.2 Å². The summed E-state index contributed by atoms with van der Waals surface area (Å²) in [5.74, 6) is 0.667. The second kappa shape index (κ2) is 5.64. The lowest BCUT2D eigenvalue weighted by atomic mass is 10.1. The third kappa shape index (κ3) is 2.95. The van der Waals surface area contributed by atoms with Gasteiger partial charge in [-0.05, 0) is 32.1 Å². The molecule has 0 aromatic rings. The number of rotatable bonds is 6. The number of hydrogen-bond acceptors (Lipinski definition) is 4. The number of likely N-dealkylation sites (tertiary alicyclic amines) is 1.